The van der Waals surface area contributed by atoms with Crippen molar-refractivity contribution in [3.05, 3.63) is 29.8 Å². The molecule has 0 aromatic heterocycles. The van der Waals surface area contributed by atoms with E-state index >= 15 is 0 Å². The normalized spacial score (nSPS) is 18.8. The van der Waals surface area contributed by atoms with Crippen LogP contribution in [0.2, 0.25) is 16.6 Å². The van der Waals surface area contributed by atoms with E-state index in [1.165, 1.54) is 0 Å². The molecule has 0 aliphatic carbocycles. The van der Waals surface area contributed by atoms with E-state index in [1.807, 2.05) is 12.1 Å². The lowest BCUT2D eigenvalue weighted by atomic mass is 10.0. The van der Waals surface area contributed by atoms with Gasteiger partial charge in [0.05, 0.1) is 26.4 Å². The smallest absolute Gasteiger partial charge is 0.146 e. The minimum absolute atomic E-state index is 0.0993. The molecule has 1 aromatic rings. The summed E-state index contributed by atoms with van der Waals surface area (Å²) in [5.74, 6) is 4.75. The highest BCUT2D eigenvalue weighted by molar-refractivity contribution is 6.90. The van der Waals surface area contributed by atoms with E-state index in [1.54, 1.807) is 7.11 Å². The summed E-state index contributed by atoms with van der Waals surface area (Å²) >= 11 is 0. The summed E-state index contributed by atoms with van der Waals surface area (Å²) in [4.78, 5) is 0. The highest BCUT2D eigenvalue weighted by Crippen LogP contribution is 2.41. The minimum atomic E-state index is -1.77. The summed E-state index contributed by atoms with van der Waals surface area (Å²) < 4.78 is 17.1. The van der Waals surface area contributed by atoms with E-state index in [2.05, 4.69) is 72.1 Å². The Labute approximate surface area is 173 Å². The van der Waals surface area contributed by atoms with Gasteiger partial charge in [-0.05, 0) is 34.3 Å². The molecule has 0 radical (unpaired) electrons. The molecule has 3 nitrogen and oxygen atoms in total. The predicted molar refractivity (Wildman–Crippen MR) is 119 cm³/mol. The maximum Gasteiger partial charge on any atom is 0.146 e. The van der Waals surface area contributed by atoms with E-state index in [9.17, 15) is 0 Å². The van der Waals surface area contributed by atoms with Crippen LogP contribution in [0.5, 0.6) is 5.75 Å². The van der Waals surface area contributed by atoms with Gasteiger partial charge in [-0.15, -0.1) is 5.54 Å². The molecule has 156 valence electrons. The fourth-order valence-electron chi connectivity index (χ4n) is 4.42. The van der Waals surface area contributed by atoms with Gasteiger partial charge in [-0.3, -0.25) is 0 Å². The average molecular weight is 403 g/mol. The molecule has 4 heteroatoms. The van der Waals surface area contributed by atoms with Crippen molar-refractivity contribution in [1.82, 2.24) is 0 Å². The Morgan fingerprint density at radius 1 is 1.00 bits per heavy atom. The van der Waals surface area contributed by atoms with Crippen LogP contribution in [-0.2, 0) is 16.1 Å². The van der Waals surface area contributed by atoms with E-state index in [4.69, 9.17) is 14.2 Å². The van der Waals surface area contributed by atoms with Crippen LogP contribution in [-0.4, -0.2) is 34.0 Å². The van der Waals surface area contributed by atoms with Crippen molar-refractivity contribution >= 4 is 8.07 Å². The van der Waals surface area contributed by atoms with Crippen LogP contribution in [0.25, 0.3) is 0 Å². The topological polar surface area (TPSA) is 31.0 Å². The van der Waals surface area contributed by atoms with Crippen molar-refractivity contribution in [2.24, 2.45) is 5.92 Å². The lowest BCUT2D eigenvalue weighted by molar-refractivity contribution is 0.0356. The summed E-state index contributed by atoms with van der Waals surface area (Å²) in [6.07, 6.45) is 0.182. The first-order valence-corrected chi connectivity index (χ1v) is 12.8. The largest absolute Gasteiger partial charge is 0.497 e. The molecule has 1 aliphatic rings. The lowest BCUT2D eigenvalue weighted by Crippen LogP contribution is -2.43. The molecule has 1 fully saturated rings. The third kappa shape index (κ3) is 5.41. The molecule has 0 spiro atoms. The van der Waals surface area contributed by atoms with E-state index in [0.29, 0.717) is 23.2 Å². The van der Waals surface area contributed by atoms with Crippen LogP contribution in [0, 0.1) is 17.4 Å². The quantitative estimate of drug-likeness (QED) is 0.295. The average Bonchev–Trinajstić information content (AvgIpc) is 3.48. The molecule has 28 heavy (non-hydrogen) atoms. The lowest BCUT2D eigenvalue weighted by Gasteiger charge is -2.38. The zero-order valence-corrected chi connectivity index (χ0v) is 19.9. The fourth-order valence-corrected chi connectivity index (χ4v) is 9.67. The van der Waals surface area contributed by atoms with Gasteiger partial charge in [0.15, 0.2) is 0 Å². The maximum absolute atomic E-state index is 6.33. The van der Waals surface area contributed by atoms with Crippen LogP contribution in [0.1, 0.15) is 54.0 Å². The molecule has 1 saturated heterocycles. The van der Waals surface area contributed by atoms with E-state index in [0.717, 1.165) is 17.9 Å². The Balaban J connectivity index is 2.22. The molecule has 1 aromatic carbocycles. The zero-order chi connectivity index (χ0) is 20.9. The van der Waals surface area contributed by atoms with Gasteiger partial charge in [0.1, 0.15) is 19.9 Å². The number of rotatable bonds is 9. The standard InChI is InChI=1S/C24H38O3Si/c1-17(2)28(18(3)4,19(5)6)14-13-23(20(7)24-16-27-24)26-15-21-9-11-22(25-8)12-10-21/h9-12,17-20,23-24H,15-16H2,1-8H3/t20-,23+,24-/m1/s1. The van der Waals surface area contributed by atoms with Crippen LogP contribution >= 0.6 is 0 Å². The van der Waals surface area contributed by atoms with Gasteiger partial charge in [-0.1, -0.05) is 66.5 Å². The first kappa shape index (κ1) is 23.0. The van der Waals surface area contributed by atoms with Gasteiger partial charge in [-0.2, -0.15) is 0 Å². The summed E-state index contributed by atoms with van der Waals surface area (Å²) in [6.45, 7) is 17.7. The summed E-state index contributed by atoms with van der Waals surface area (Å²) in [5, 5.41) is 0. The zero-order valence-electron chi connectivity index (χ0n) is 18.9. The van der Waals surface area contributed by atoms with Gasteiger partial charge in [0, 0.05) is 5.92 Å². The molecule has 0 N–H and O–H groups in total. The highest BCUT2D eigenvalue weighted by Gasteiger charge is 2.42. The number of methoxy groups -OCH3 is 1. The summed E-state index contributed by atoms with van der Waals surface area (Å²) in [6, 6.07) is 8.05. The maximum atomic E-state index is 6.33. The van der Waals surface area contributed by atoms with E-state index in [-0.39, 0.29) is 18.1 Å². The van der Waals surface area contributed by atoms with Gasteiger partial charge in [0.25, 0.3) is 0 Å². The summed E-state index contributed by atoms with van der Waals surface area (Å²) in [7, 11) is -0.0864. The second-order valence-electron chi connectivity index (χ2n) is 8.98. The predicted octanol–water partition coefficient (Wildman–Crippen LogP) is 5.84. The number of ether oxygens (including phenoxy) is 3. The molecular formula is C24H38O3Si. The van der Waals surface area contributed by atoms with Crippen LogP contribution in [0.15, 0.2) is 24.3 Å². The Kier molecular flexibility index (Phi) is 8.18. The Bertz CT molecular complexity index is 644. The first-order valence-electron chi connectivity index (χ1n) is 10.6. The van der Waals surface area contributed by atoms with Crippen molar-refractivity contribution in [3.8, 4) is 17.2 Å². The molecular weight excluding hydrogens is 364 g/mol. The van der Waals surface area contributed by atoms with Crippen LogP contribution < -0.4 is 4.74 Å². The van der Waals surface area contributed by atoms with Crippen molar-refractivity contribution in [2.45, 2.75) is 83.9 Å². The van der Waals surface area contributed by atoms with Gasteiger partial charge < -0.3 is 14.2 Å². The SMILES string of the molecule is COc1ccc(CO[C@@H](C#C[Si](C(C)C)(C(C)C)C(C)C)[C@@H](C)[C@H]2CO2)cc1. The Morgan fingerprint density at radius 3 is 1.96 bits per heavy atom. The first-order chi connectivity index (χ1) is 13.2. The van der Waals surface area contributed by atoms with Gasteiger partial charge >= 0.3 is 0 Å². The molecule has 1 aliphatic heterocycles. The number of hydrogen-bond acceptors (Lipinski definition) is 3. The number of benzene rings is 1. The van der Waals surface area contributed by atoms with Crippen molar-refractivity contribution < 1.29 is 14.2 Å². The van der Waals surface area contributed by atoms with Gasteiger partial charge in [0.2, 0.25) is 0 Å². The molecule has 3 atom stereocenters. The molecule has 0 amide bonds. The number of epoxide rings is 1. The third-order valence-electron chi connectivity index (χ3n) is 6.31. The van der Waals surface area contributed by atoms with Crippen LogP contribution in [0.4, 0.5) is 0 Å². The van der Waals surface area contributed by atoms with E-state index < -0.39 is 8.07 Å². The molecule has 0 bridgehead atoms. The third-order valence-corrected chi connectivity index (χ3v) is 12.6. The monoisotopic (exact) mass is 402 g/mol. The van der Waals surface area contributed by atoms with Crippen LogP contribution in [0.3, 0.4) is 0 Å². The molecule has 2 rings (SSSR count). The minimum Gasteiger partial charge on any atom is -0.497 e. The second-order valence-corrected chi connectivity index (χ2v) is 14.6. The van der Waals surface area contributed by atoms with Crippen molar-refractivity contribution in [2.75, 3.05) is 13.7 Å². The second kappa shape index (κ2) is 9.96. The summed E-state index contributed by atoms with van der Waals surface area (Å²) in [5.41, 5.74) is 6.83. The van der Waals surface area contributed by atoms with Crippen molar-refractivity contribution in [1.29, 1.82) is 0 Å². The van der Waals surface area contributed by atoms with Crippen molar-refractivity contribution in [3.63, 3.8) is 0 Å². The Morgan fingerprint density at radius 2 is 1.54 bits per heavy atom. The van der Waals surface area contributed by atoms with Gasteiger partial charge in [-0.25, -0.2) is 0 Å². The molecule has 0 unspecified atom stereocenters. The molecule has 1 heterocycles. The molecule has 0 saturated carbocycles. The fraction of sp³-hybridized carbons (Fsp3) is 0.667. The number of hydrogen-bond donors (Lipinski definition) is 0. The Hall–Kier alpha value is -1.28. The highest BCUT2D eigenvalue weighted by atomic mass is 28.3.